The van der Waals surface area contributed by atoms with Crippen LogP contribution in [0.4, 0.5) is 11.5 Å². The van der Waals surface area contributed by atoms with Crippen molar-refractivity contribution in [1.82, 2.24) is 10.4 Å². The Balaban J connectivity index is 1.74. The maximum absolute atomic E-state index is 11.4. The second-order valence-corrected chi connectivity index (χ2v) is 5.06. The zero-order valence-electron chi connectivity index (χ0n) is 11.7. The van der Waals surface area contributed by atoms with E-state index < -0.39 is 0 Å². The maximum atomic E-state index is 11.4. The van der Waals surface area contributed by atoms with Gasteiger partial charge < -0.3 is 5.32 Å². The van der Waals surface area contributed by atoms with Gasteiger partial charge in [-0.25, -0.2) is 10.4 Å². The number of carbonyl (C=O) groups is 1. The number of hydrazone groups is 1. The van der Waals surface area contributed by atoms with Crippen molar-refractivity contribution in [1.29, 1.82) is 0 Å². The molecule has 1 aliphatic rings. The summed E-state index contributed by atoms with van der Waals surface area (Å²) in [4.78, 5) is 15.6. The summed E-state index contributed by atoms with van der Waals surface area (Å²) in [6, 6.07) is 13.7. The molecular formula is C16H16N4O. The molecule has 106 valence electrons. The minimum Gasteiger partial charge on any atom is -0.340 e. The molecule has 1 unspecified atom stereocenters. The van der Waals surface area contributed by atoms with E-state index in [1.807, 2.05) is 49.4 Å². The van der Waals surface area contributed by atoms with Gasteiger partial charge in [0.2, 0.25) is 5.91 Å². The van der Waals surface area contributed by atoms with E-state index in [-0.39, 0.29) is 11.8 Å². The average Bonchev–Trinajstić information content (AvgIpc) is 2.52. The highest BCUT2D eigenvalue weighted by Crippen LogP contribution is 2.18. The van der Waals surface area contributed by atoms with Crippen molar-refractivity contribution < 1.29 is 4.79 Å². The Bertz CT molecular complexity index is 664. The van der Waals surface area contributed by atoms with Crippen molar-refractivity contribution in [2.45, 2.75) is 13.3 Å². The molecule has 0 saturated heterocycles. The van der Waals surface area contributed by atoms with Gasteiger partial charge in [-0.15, -0.1) is 0 Å². The molecule has 0 spiro atoms. The number of amides is 1. The number of hydrogen-bond donors (Lipinski definition) is 2. The fourth-order valence-corrected chi connectivity index (χ4v) is 2.17. The summed E-state index contributed by atoms with van der Waals surface area (Å²) in [7, 11) is 0. The predicted octanol–water partition coefficient (Wildman–Crippen LogP) is 2.69. The third kappa shape index (κ3) is 3.08. The first-order valence-electron chi connectivity index (χ1n) is 6.87. The van der Waals surface area contributed by atoms with Crippen LogP contribution in [0, 0.1) is 5.92 Å². The van der Waals surface area contributed by atoms with Crippen LogP contribution in [0.1, 0.15) is 18.9 Å². The van der Waals surface area contributed by atoms with Gasteiger partial charge in [0.1, 0.15) is 5.82 Å². The van der Waals surface area contributed by atoms with E-state index in [1.54, 1.807) is 6.20 Å². The van der Waals surface area contributed by atoms with Gasteiger partial charge in [-0.2, -0.15) is 5.10 Å². The topological polar surface area (TPSA) is 66.4 Å². The summed E-state index contributed by atoms with van der Waals surface area (Å²) in [6.45, 7) is 1.90. The molecule has 0 fully saturated rings. The number of rotatable bonds is 3. The lowest BCUT2D eigenvalue weighted by Gasteiger charge is -2.18. The van der Waals surface area contributed by atoms with E-state index in [0.29, 0.717) is 6.42 Å². The van der Waals surface area contributed by atoms with Crippen molar-refractivity contribution in [3.63, 3.8) is 0 Å². The van der Waals surface area contributed by atoms with Crippen LogP contribution in [0.15, 0.2) is 53.8 Å². The van der Waals surface area contributed by atoms with E-state index >= 15 is 0 Å². The van der Waals surface area contributed by atoms with Crippen LogP contribution in [0.25, 0.3) is 0 Å². The third-order valence-electron chi connectivity index (χ3n) is 3.40. The van der Waals surface area contributed by atoms with Crippen LogP contribution in [0.2, 0.25) is 0 Å². The summed E-state index contributed by atoms with van der Waals surface area (Å²) in [5.41, 5.74) is 5.45. The van der Waals surface area contributed by atoms with Crippen molar-refractivity contribution in [2.24, 2.45) is 11.0 Å². The predicted molar refractivity (Wildman–Crippen MR) is 82.4 cm³/mol. The minimum absolute atomic E-state index is 0.0211. The quantitative estimate of drug-likeness (QED) is 0.908. The fourth-order valence-electron chi connectivity index (χ4n) is 2.17. The Morgan fingerprint density at radius 3 is 2.67 bits per heavy atom. The molecule has 1 aromatic heterocycles. The molecular weight excluding hydrogens is 264 g/mol. The molecule has 1 aliphatic heterocycles. The molecule has 5 heteroatoms. The Kier molecular flexibility index (Phi) is 3.64. The summed E-state index contributed by atoms with van der Waals surface area (Å²) < 4.78 is 0. The Labute approximate surface area is 123 Å². The lowest BCUT2D eigenvalue weighted by Crippen LogP contribution is -2.33. The molecule has 0 saturated carbocycles. The van der Waals surface area contributed by atoms with Gasteiger partial charge in [-0.1, -0.05) is 25.1 Å². The molecule has 2 heterocycles. The van der Waals surface area contributed by atoms with Crippen LogP contribution in [-0.2, 0) is 4.79 Å². The van der Waals surface area contributed by atoms with Crippen LogP contribution in [0.5, 0.6) is 0 Å². The normalized spacial score (nSPS) is 17.9. The second-order valence-electron chi connectivity index (χ2n) is 5.06. The Hall–Kier alpha value is -2.69. The molecule has 0 aliphatic carbocycles. The number of nitrogens with zero attached hydrogens (tertiary/aromatic N) is 2. The van der Waals surface area contributed by atoms with Crippen LogP contribution in [0.3, 0.4) is 0 Å². The van der Waals surface area contributed by atoms with Crippen molar-refractivity contribution >= 4 is 23.1 Å². The molecule has 1 atom stereocenters. The first-order chi connectivity index (χ1) is 10.2. The molecule has 0 radical (unpaired) electrons. The van der Waals surface area contributed by atoms with Crippen molar-refractivity contribution in [3.8, 4) is 0 Å². The molecule has 0 bridgehead atoms. The second kappa shape index (κ2) is 5.75. The van der Waals surface area contributed by atoms with E-state index in [1.165, 1.54) is 0 Å². The highest BCUT2D eigenvalue weighted by Gasteiger charge is 2.21. The molecule has 2 N–H and O–H groups in total. The molecule has 1 aromatic carbocycles. The van der Waals surface area contributed by atoms with E-state index in [0.717, 1.165) is 22.8 Å². The van der Waals surface area contributed by atoms with Gasteiger partial charge in [0.25, 0.3) is 0 Å². The van der Waals surface area contributed by atoms with Crippen molar-refractivity contribution in [3.05, 3.63) is 54.2 Å². The number of nitrogens with one attached hydrogen (secondary N) is 2. The highest BCUT2D eigenvalue weighted by molar-refractivity contribution is 6.04. The van der Waals surface area contributed by atoms with Gasteiger partial charge in [0.05, 0.1) is 5.71 Å². The highest BCUT2D eigenvalue weighted by atomic mass is 16.2. The first-order valence-corrected chi connectivity index (χ1v) is 6.87. The number of pyridine rings is 1. The molecule has 5 nitrogen and oxygen atoms in total. The van der Waals surface area contributed by atoms with Gasteiger partial charge in [0.15, 0.2) is 0 Å². The van der Waals surface area contributed by atoms with Gasteiger partial charge in [0, 0.05) is 24.2 Å². The zero-order chi connectivity index (χ0) is 14.7. The lowest BCUT2D eigenvalue weighted by atomic mass is 9.97. The smallest absolute Gasteiger partial charge is 0.243 e. The molecule has 21 heavy (non-hydrogen) atoms. The SMILES string of the molecule is CC1CC(c2ccc(Nc3ccccn3)cc2)=NNC1=O. The number of aromatic nitrogens is 1. The van der Waals surface area contributed by atoms with Crippen molar-refractivity contribution in [2.75, 3.05) is 5.32 Å². The maximum Gasteiger partial charge on any atom is 0.243 e. The van der Waals surface area contributed by atoms with E-state index in [4.69, 9.17) is 0 Å². The number of anilines is 2. The number of carbonyl (C=O) groups excluding carboxylic acids is 1. The number of benzene rings is 1. The summed E-state index contributed by atoms with van der Waals surface area (Å²) in [5, 5.41) is 7.36. The average molecular weight is 280 g/mol. The van der Waals surface area contributed by atoms with E-state index in [9.17, 15) is 4.79 Å². The monoisotopic (exact) mass is 280 g/mol. The largest absolute Gasteiger partial charge is 0.340 e. The molecule has 3 rings (SSSR count). The number of hydrogen-bond acceptors (Lipinski definition) is 4. The Morgan fingerprint density at radius 2 is 2.00 bits per heavy atom. The Morgan fingerprint density at radius 1 is 1.19 bits per heavy atom. The van der Waals surface area contributed by atoms with Crippen LogP contribution in [-0.4, -0.2) is 16.6 Å². The summed E-state index contributed by atoms with van der Waals surface area (Å²) in [6.07, 6.45) is 2.41. The first kappa shape index (κ1) is 13.3. The molecule has 2 aromatic rings. The zero-order valence-corrected chi connectivity index (χ0v) is 11.7. The minimum atomic E-state index is -0.0381. The van der Waals surface area contributed by atoms with Crippen LogP contribution < -0.4 is 10.7 Å². The van der Waals surface area contributed by atoms with E-state index in [2.05, 4.69) is 20.8 Å². The van der Waals surface area contributed by atoms with Gasteiger partial charge in [-0.05, 0) is 29.8 Å². The standard InChI is InChI=1S/C16H16N4O/c1-11-10-14(19-20-16(11)21)12-5-7-13(8-6-12)18-15-4-2-3-9-17-15/h2-9,11H,10H2,1H3,(H,17,18)(H,20,21). The van der Waals surface area contributed by atoms with Gasteiger partial charge in [-0.3, -0.25) is 4.79 Å². The lowest BCUT2D eigenvalue weighted by molar-refractivity contribution is -0.124. The summed E-state index contributed by atoms with van der Waals surface area (Å²) in [5.74, 6) is 0.747. The third-order valence-corrected chi connectivity index (χ3v) is 3.40. The molecule has 1 amide bonds. The van der Waals surface area contributed by atoms with Gasteiger partial charge >= 0.3 is 0 Å². The summed E-state index contributed by atoms with van der Waals surface area (Å²) >= 11 is 0. The van der Waals surface area contributed by atoms with Crippen LogP contribution >= 0.6 is 0 Å². The fraction of sp³-hybridized carbons (Fsp3) is 0.188.